The van der Waals surface area contributed by atoms with E-state index in [0.29, 0.717) is 17.7 Å². The van der Waals surface area contributed by atoms with Crippen LogP contribution < -0.4 is 4.90 Å². The van der Waals surface area contributed by atoms with Gasteiger partial charge in [0.1, 0.15) is 0 Å². The number of carbonyl (C=O) groups excluding carboxylic acids is 3. The average Bonchev–Trinajstić information content (AvgIpc) is 2.86. The van der Waals surface area contributed by atoms with Crippen LogP contribution in [0, 0.1) is 17.8 Å². The standard InChI is InChI=1S/C22H26N2O3/c1-15-7-6-8-18-19(15)22(27)24(21(18)26)17-11-9-16(10-12-17)20(25)23-13-4-2-3-5-14-23/h6-7,9-12,15,18-19H,2-5,8,13-14H2,1H3/t15-,18-,19+/m1/s1. The van der Waals surface area contributed by atoms with Gasteiger partial charge in [-0.3, -0.25) is 19.3 Å². The molecule has 0 bridgehead atoms. The fourth-order valence-electron chi connectivity index (χ4n) is 4.61. The molecule has 1 aliphatic carbocycles. The van der Waals surface area contributed by atoms with Gasteiger partial charge in [-0.15, -0.1) is 0 Å². The number of amides is 3. The first kappa shape index (κ1) is 18.0. The molecule has 2 saturated heterocycles. The first-order chi connectivity index (χ1) is 13.1. The molecule has 3 atom stereocenters. The van der Waals surface area contributed by atoms with Crippen molar-refractivity contribution in [3.8, 4) is 0 Å². The van der Waals surface area contributed by atoms with Crippen molar-refractivity contribution in [1.29, 1.82) is 0 Å². The van der Waals surface area contributed by atoms with Gasteiger partial charge in [0.2, 0.25) is 11.8 Å². The van der Waals surface area contributed by atoms with Gasteiger partial charge in [0, 0.05) is 18.7 Å². The molecule has 5 heteroatoms. The lowest BCUT2D eigenvalue weighted by atomic mass is 9.78. The van der Waals surface area contributed by atoms with E-state index in [2.05, 4.69) is 0 Å². The lowest BCUT2D eigenvalue weighted by Gasteiger charge is -2.22. The van der Waals surface area contributed by atoms with Crippen LogP contribution in [-0.2, 0) is 9.59 Å². The highest BCUT2D eigenvalue weighted by atomic mass is 16.2. The Hall–Kier alpha value is -2.43. The van der Waals surface area contributed by atoms with Crippen molar-refractivity contribution in [3.63, 3.8) is 0 Å². The molecule has 0 spiro atoms. The summed E-state index contributed by atoms with van der Waals surface area (Å²) < 4.78 is 0. The fraction of sp³-hybridized carbons (Fsp3) is 0.500. The van der Waals surface area contributed by atoms with E-state index in [4.69, 9.17) is 0 Å². The summed E-state index contributed by atoms with van der Waals surface area (Å²) in [5, 5.41) is 0. The number of hydrogen-bond donors (Lipinski definition) is 0. The van der Waals surface area contributed by atoms with E-state index in [1.165, 1.54) is 17.7 Å². The van der Waals surface area contributed by atoms with E-state index in [9.17, 15) is 14.4 Å². The van der Waals surface area contributed by atoms with Crippen LogP contribution in [0.1, 0.15) is 49.4 Å². The predicted molar refractivity (Wildman–Crippen MR) is 103 cm³/mol. The monoisotopic (exact) mass is 366 g/mol. The number of nitrogens with zero attached hydrogens (tertiary/aromatic N) is 2. The summed E-state index contributed by atoms with van der Waals surface area (Å²) >= 11 is 0. The summed E-state index contributed by atoms with van der Waals surface area (Å²) in [6.45, 7) is 3.60. The molecule has 142 valence electrons. The van der Waals surface area contributed by atoms with Crippen LogP contribution in [0.15, 0.2) is 36.4 Å². The molecule has 0 saturated carbocycles. The molecule has 2 fully saturated rings. The van der Waals surface area contributed by atoms with Crippen LogP contribution in [0.5, 0.6) is 0 Å². The number of benzene rings is 1. The normalized spacial score (nSPS) is 28.3. The van der Waals surface area contributed by atoms with Gasteiger partial charge in [-0.2, -0.15) is 0 Å². The van der Waals surface area contributed by atoms with Gasteiger partial charge in [-0.1, -0.05) is 31.9 Å². The maximum atomic E-state index is 12.9. The number of carbonyl (C=O) groups is 3. The summed E-state index contributed by atoms with van der Waals surface area (Å²) in [6.07, 6.45) is 9.12. The zero-order valence-electron chi connectivity index (χ0n) is 15.8. The molecule has 5 nitrogen and oxygen atoms in total. The second-order valence-corrected chi connectivity index (χ2v) is 7.92. The van der Waals surface area contributed by atoms with Gasteiger partial charge < -0.3 is 4.90 Å². The van der Waals surface area contributed by atoms with Gasteiger partial charge >= 0.3 is 0 Å². The Morgan fingerprint density at radius 1 is 0.963 bits per heavy atom. The van der Waals surface area contributed by atoms with Crippen LogP contribution in [0.2, 0.25) is 0 Å². The predicted octanol–water partition coefficient (Wildman–Crippen LogP) is 3.40. The molecule has 0 radical (unpaired) electrons. The second kappa shape index (κ2) is 7.29. The molecule has 2 aliphatic heterocycles. The van der Waals surface area contributed by atoms with E-state index in [1.807, 2.05) is 24.0 Å². The van der Waals surface area contributed by atoms with Crippen molar-refractivity contribution in [2.24, 2.45) is 17.8 Å². The van der Waals surface area contributed by atoms with Gasteiger partial charge in [0.05, 0.1) is 17.5 Å². The van der Waals surface area contributed by atoms with Gasteiger partial charge in [-0.05, 0) is 49.4 Å². The van der Waals surface area contributed by atoms with E-state index in [1.54, 1.807) is 24.3 Å². The molecule has 1 aromatic rings. The highest BCUT2D eigenvalue weighted by molar-refractivity contribution is 6.22. The summed E-state index contributed by atoms with van der Waals surface area (Å²) in [5.41, 5.74) is 1.19. The summed E-state index contributed by atoms with van der Waals surface area (Å²) in [4.78, 5) is 41.6. The number of fused-ring (bicyclic) bond motifs is 1. The molecule has 0 N–H and O–H groups in total. The van der Waals surface area contributed by atoms with Crippen molar-refractivity contribution in [2.75, 3.05) is 18.0 Å². The highest BCUT2D eigenvalue weighted by Gasteiger charge is 2.50. The third-order valence-electron chi connectivity index (χ3n) is 6.14. The maximum absolute atomic E-state index is 12.9. The zero-order chi connectivity index (χ0) is 19.0. The molecule has 3 amide bonds. The fourth-order valence-corrected chi connectivity index (χ4v) is 4.61. The lowest BCUT2D eigenvalue weighted by molar-refractivity contribution is -0.122. The molecule has 4 rings (SSSR count). The third kappa shape index (κ3) is 3.20. The SMILES string of the molecule is C[C@@H]1C=CC[C@H]2C(=O)N(c3ccc(C(=O)N4CCCCCC4)cc3)C(=O)[C@@H]12. The second-order valence-electron chi connectivity index (χ2n) is 7.92. The van der Waals surface area contributed by atoms with Crippen LogP contribution >= 0.6 is 0 Å². The molecule has 0 aromatic heterocycles. The Balaban J connectivity index is 1.53. The van der Waals surface area contributed by atoms with E-state index >= 15 is 0 Å². The number of likely N-dealkylation sites (tertiary alicyclic amines) is 1. The third-order valence-corrected chi connectivity index (χ3v) is 6.14. The zero-order valence-corrected chi connectivity index (χ0v) is 15.8. The minimum absolute atomic E-state index is 0.0361. The van der Waals surface area contributed by atoms with Crippen molar-refractivity contribution in [1.82, 2.24) is 4.90 Å². The summed E-state index contributed by atoms with van der Waals surface area (Å²) in [6, 6.07) is 6.95. The van der Waals surface area contributed by atoms with Crippen molar-refractivity contribution < 1.29 is 14.4 Å². The summed E-state index contributed by atoms with van der Waals surface area (Å²) in [7, 11) is 0. The van der Waals surface area contributed by atoms with Crippen LogP contribution in [-0.4, -0.2) is 35.7 Å². The Labute approximate surface area is 160 Å². The van der Waals surface area contributed by atoms with Gasteiger partial charge in [0.15, 0.2) is 0 Å². The lowest BCUT2D eigenvalue weighted by Crippen LogP contribution is -2.33. The number of imide groups is 1. The minimum atomic E-state index is -0.263. The van der Waals surface area contributed by atoms with Crippen molar-refractivity contribution >= 4 is 23.4 Å². The van der Waals surface area contributed by atoms with Gasteiger partial charge in [0.25, 0.3) is 5.91 Å². The molecular weight excluding hydrogens is 340 g/mol. The first-order valence-corrected chi connectivity index (χ1v) is 10.0. The highest BCUT2D eigenvalue weighted by Crippen LogP contribution is 2.40. The minimum Gasteiger partial charge on any atom is -0.339 e. The van der Waals surface area contributed by atoms with E-state index in [-0.39, 0.29) is 35.5 Å². The van der Waals surface area contributed by atoms with Gasteiger partial charge in [-0.25, -0.2) is 0 Å². The number of hydrogen-bond acceptors (Lipinski definition) is 3. The Bertz CT molecular complexity index is 775. The van der Waals surface area contributed by atoms with Crippen molar-refractivity contribution in [2.45, 2.75) is 39.0 Å². The summed E-state index contributed by atoms with van der Waals surface area (Å²) in [5.74, 6) is -0.638. The molecule has 0 unspecified atom stereocenters. The average molecular weight is 366 g/mol. The topological polar surface area (TPSA) is 57.7 Å². The molecular formula is C22H26N2O3. The van der Waals surface area contributed by atoms with Crippen molar-refractivity contribution in [3.05, 3.63) is 42.0 Å². The van der Waals surface area contributed by atoms with Crippen LogP contribution in [0.4, 0.5) is 5.69 Å². The molecule has 1 aromatic carbocycles. The van der Waals surface area contributed by atoms with Crippen LogP contribution in [0.3, 0.4) is 0 Å². The quantitative estimate of drug-likeness (QED) is 0.595. The number of anilines is 1. The Kier molecular flexibility index (Phi) is 4.85. The smallest absolute Gasteiger partial charge is 0.253 e. The maximum Gasteiger partial charge on any atom is 0.253 e. The first-order valence-electron chi connectivity index (χ1n) is 10.0. The molecule has 27 heavy (non-hydrogen) atoms. The Morgan fingerprint density at radius 2 is 1.63 bits per heavy atom. The number of rotatable bonds is 2. The van der Waals surface area contributed by atoms with Crippen LogP contribution in [0.25, 0.3) is 0 Å². The van der Waals surface area contributed by atoms with E-state index in [0.717, 1.165) is 25.9 Å². The Morgan fingerprint density at radius 3 is 2.26 bits per heavy atom. The number of allylic oxidation sites excluding steroid dienone is 2. The van der Waals surface area contributed by atoms with E-state index < -0.39 is 0 Å². The molecule has 3 aliphatic rings. The largest absolute Gasteiger partial charge is 0.339 e. The molecule has 2 heterocycles.